The average molecular weight is 294 g/mol. The van der Waals surface area contributed by atoms with E-state index in [9.17, 15) is 8.78 Å². The zero-order valence-corrected chi connectivity index (χ0v) is 11.2. The van der Waals surface area contributed by atoms with E-state index in [1.165, 1.54) is 18.3 Å². The lowest BCUT2D eigenvalue weighted by atomic mass is 10.3. The first-order valence-corrected chi connectivity index (χ1v) is 6.17. The molecule has 3 aromatic heterocycles. The van der Waals surface area contributed by atoms with Gasteiger partial charge in [0.2, 0.25) is 0 Å². The number of nitrogens with one attached hydrogen (secondary N) is 1. The second-order valence-electron chi connectivity index (χ2n) is 3.91. The molecule has 20 heavy (non-hydrogen) atoms. The first-order valence-electron chi connectivity index (χ1n) is 5.76. The van der Waals surface area contributed by atoms with Crippen LogP contribution >= 0.6 is 12.2 Å². The smallest absolute Gasteiger partial charge is 0.181 e. The first-order chi connectivity index (χ1) is 9.60. The van der Waals surface area contributed by atoms with E-state index in [-0.39, 0.29) is 11.6 Å². The van der Waals surface area contributed by atoms with Crippen molar-refractivity contribution in [3.05, 3.63) is 65.0 Å². The van der Waals surface area contributed by atoms with E-state index in [4.69, 9.17) is 18.0 Å². The SMILES string of the molecule is Fc1ccc2c[nH]c(=S)n2c1.NCc1ccc(F)cn1. The molecule has 7 heteroatoms. The number of hydrogen-bond acceptors (Lipinski definition) is 3. The summed E-state index contributed by atoms with van der Waals surface area (Å²) in [4.78, 5) is 6.51. The van der Waals surface area contributed by atoms with Gasteiger partial charge in [-0.2, -0.15) is 0 Å². The number of rotatable bonds is 1. The number of nitrogens with two attached hydrogens (primary N) is 1. The molecule has 0 aliphatic rings. The van der Waals surface area contributed by atoms with Gasteiger partial charge in [-0.05, 0) is 36.5 Å². The van der Waals surface area contributed by atoms with Crippen LogP contribution in [0.3, 0.4) is 0 Å². The molecule has 3 heterocycles. The molecule has 0 aliphatic heterocycles. The highest BCUT2D eigenvalue weighted by atomic mass is 32.1. The van der Waals surface area contributed by atoms with Gasteiger partial charge in [0.05, 0.1) is 17.4 Å². The minimum absolute atomic E-state index is 0.284. The summed E-state index contributed by atoms with van der Waals surface area (Å²) in [7, 11) is 0. The minimum Gasteiger partial charge on any atom is -0.336 e. The zero-order chi connectivity index (χ0) is 14.5. The van der Waals surface area contributed by atoms with E-state index in [0.717, 1.165) is 11.7 Å². The Kier molecular flexibility index (Phi) is 4.54. The number of halogens is 2. The van der Waals surface area contributed by atoms with Crippen molar-refractivity contribution in [1.29, 1.82) is 0 Å². The van der Waals surface area contributed by atoms with Crippen molar-refractivity contribution in [3.8, 4) is 0 Å². The number of fused-ring (bicyclic) bond motifs is 1. The molecule has 0 saturated carbocycles. The monoisotopic (exact) mass is 294 g/mol. The van der Waals surface area contributed by atoms with Crippen LogP contribution in [0.15, 0.2) is 42.9 Å². The second-order valence-corrected chi connectivity index (χ2v) is 4.29. The molecule has 0 amide bonds. The van der Waals surface area contributed by atoms with E-state index in [1.807, 2.05) is 0 Å². The molecule has 0 aromatic carbocycles. The molecule has 0 fully saturated rings. The van der Waals surface area contributed by atoms with E-state index in [0.29, 0.717) is 17.0 Å². The lowest BCUT2D eigenvalue weighted by Gasteiger charge is -1.91. The van der Waals surface area contributed by atoms with Crippen LogP contribution < -0.4 is 5.73 Å². The number of aromatic amines is 1. The maximum Gasteiger partial charge on any atom is 0.181 e. The van der Waals surface area contributed by atoms with Gasteiger partial charge in [-0.1, -0.05) is 0 Å². The van der Waals surface area contributed by atoms with E-state index < -0.39 is 0 Å². The van der Waals surface area contributed by atoms with Gasteiger partial charge in [0.1, 0.15) is 11.6 Å². The van der Waals surface area contributed by atoms with Crippen molar-refractivity contribution in [2.75, 3.05) is 0 Å². The lowest BCUT2D eigenvalue weighted by Crippen LogP contribution is -1.98. The van der Waals surface area contributed by atoms with Gasteiger partial charge in [0, 0.05) is 18.9 Å². The largest absolute Gasteiger partial charge is 0.336 e. The molecule has 0 spiro atoms. The zero-order valence-electron chi connectivity index (χ0n) is 10.4. The molecule has 3 N–H and O–H groups in total. The van der Waals surface area contributed by atoms with Gasteiger partial charge >= 0.3 is 0 Å². The molecule has 104 valence electrons. The van der Waals surface area contributed by atoms with E-state index in [1.54, 1.807) is 22.7 Å². The number of imidazole rings is 1. The van der Waals surface area contributed by atoms with Crippen LogP contribution in [0, 0.1) is 16.4 Å². The van der Waals surface area contributed by atoms with Gasteiger partial charge in [-0.25, -0.2) is 8.78 Å². The maximum absolute atomic E-state index is 12.6. The molecule has 0 bridgehead atoms. The standard InChI is InChI=1S/C7H5FN2S.C6H7FN2/c8-5-1-2-6-3-9-7(11)10(6)4-5;7-5-1-2-6(3-8)9-4-5/h1-4H,(H,9,11);1-2,4H,3,8H2. The summed E-state index contributed by atoms with van der Waals surface area (Å²) in [5.41, 5.74) is 6.79. The van der Waals surface area contributed by atoms with Gasteiger partial charge < -0.3 is 10.7 Å². The van der Waals surface area contributed by atoms with Crippen LogP contribution in [0.4, 0.5) is 8.78 Å². The second kappa shape index (κ2) is 6.36. The highest BCUT2D eigenvalue weighted by Crippen LogP contribution is 2.04. The Labute approximate surface area is 118 Å². The summed E-state index contributed by atoms with van der Waals surface area (Å²) >= 11 is 4.89. The highest BCUT2D eigenvalue weighted by Gasteiger charge is 1.94. The highest BCUT2D eigenvalue weighted by molar-refractivity contribution is 7.71. The molecule has 4 nitrogen and oxygen atoms in total. The molecular weight excluding hydrogens is 282 g/mol. The van der Waals surface area contributed by atoms with Crippen molar-refractivity contribution >= 4 is 17.7 Å². The summed E-state index contributed by atoms with van der Waals surface area (Å²) in [6.07, 6.45) is 4.25. The third kappa shape index (κ3) is 3.46. The number of nitrogens with zero attached hydrogens (tertiary/aromatic N) is 2. The fourth-order valence-electron chi connectivity index (χ4n) is 1.51. The van der Waals surface area contributed by atoms with Crippen molar-refractivity contribution in [3.63, 3.8) is 0 Å². The molecule has 3 aromatic rings. The van der Waals surface area contributed by atoms with Crippen molar-refractivity contribution in [2.45, 2.75) is 6.54 Å². The van der Waals surface area contributed by atoms with Gasteiger partial charge in [0.25, 0.3) is 0 Å². The Morgan fingerprint density at radius 2 is 1.95 bits per heavy atom. The molecule has 0 atom stereocenters. The van der Waals surface area contributed by atoms with Crippen LogP contribution in [0.2, 0.25) is 0 Å². The number of hydrogen-bond donors (Lipinski definition) is 2. The number of H-pyrrole nitrogens is 1. The van der Waals surface area contributed by atoms with Crippen LogP contribution in [0.5, 0.6) is 0 Å². The van der Waals surface area contributed by atoms with Crippen LogP contribution in [-0.4, -0.2) is 14.4 Å². The summed E-state index contributed by atoms with van der Waals surface area (Å²) < 4.78 is 26.8. The van der Waals surface area contributed by atoms with Crippen molar-refractivity contribution in [2.24, 2.45) is 5.73 Å². The normalized spacial score (nSPS) is 10.2. The average Bonchev–Trinajstić information content (AvgIpc) is 2.82. The maximum atomic E-state index is 12.6. The van der Waals surface area contributed by atoms with E-state index in [2.05, 4.69) is 9.97 Å². The molecule has 0 unspecified atom stereocenters. The number of aromatic nitrogens is 3. The summed E-state index contributed by atoms with van der Waals surface area (Å²) in [5.74, 6) is -0.611. The molecule has 0 radical (unpaired) electrons. The fraction of sp³-hybridized carbons (Fsp3) is 0.0769. The van der Waals surface area contributed by atoms with Crippen LogP contribution in [-0.2, 0) is 6.54 Å². The quantitative estimate of drug-likeness (QED) is 0.678. The Balaban J connectivity index is 0.000000151. The number of pyridine rings is 2. The molecular formula is C13H12F2N4S. The molecule has 0 aliphatic carbocycles. The summed E-state index contributed by atoms with van der Waals surface area (Å²) in [6, 6.07) is 5.98. The molecule has 0 saturated heterocycles. The predicted octanol–water partition coefficient (Wildman–Crippen LogP) is 2.82. The van der Waals surface area contributed by atoms with E-state index >= 15 is 0 Å². The van der Waals surface area contributed by atoms with Crippen molar-refractivity contribution in [1.82, 2.24) is 14.4 Å². The topological polar surface area (TPSA) is 59.1 Å². The summed E-state index contributed by atoms with van der Waals surface area (Å²) in [5, 5.41) is 0. The minimum atomic E-state index is -0.327. The van der Waals surface area contributed by atoms with Crippen LogP contribution in [0.1, 0.15) is 5.69 Å². The Morgan fingerprint density at radius 1 is 1.20 bits per heavy atom. The van der Waals surface area contributed by atoms with Crippen molar-refractivity contribution < 1.29 is 8.78 Å². The third-order valence-corrected chi connectivity index (χ3v) is 2.82. The summed E-state index contributed by atoms with van der Waals surface area (Å²) in [6.45, 7) is 0.361. The molecule has 3 rings (SSSR count). The Hall–Kier alpha value is -2.12. The first kappa shape index (κ1) is 14.3. The van der Waals surface area contributed by atoms with Gasteiger partial charge in [-0.3, -0.25) is 9.38 Å². The Bertz CT molecular complexity index is 749. The fourth-order valence-corrected chi connectivity index (χ4v) is 1.73. The third-order valence-electron chi connectivity index (χ3n) is 2.50. The lowest BCUT2D eigenvalue weighted by molar-refractivity contribution is 0.618. The van der Waals surface area contributed by atoms with Gasteiger partial charge in [0.15, 0.2) is 4.77 Å². The predicted molar refractivity (Wildman–Crippen MR) is 74.6 cm³/mol. The Morgan fingerprint density at radius 3 is 2.60 bits per heavy atom. The van der Waals surface area contributed by atoms with Gasteiger partial charge in [-0.15, -0.1) is 0 Å². The van der Waals surface area contributed by atoms with Crippen LogP contribution in [0.25, 0.3) is 5.52 Å².